The highest BCUT2D eigenvalue weighted by Gasteiger charge is 2.13. The summed E-state index contributed by atoms with van der Waals surface area (Å²) in [7, 11) is 0. The second-order valence-corrected chi connectivity index (χ2v) is 3.00. The van der Waals surface area contributed by atoms with Crippen LogP contribution in [0, 0.1) is 0 Å². The monoisotopic (exact) mass is 181 g/mol. The summed E-state index contributed by atoms with van der Waals surface area (Å²) in [6, 6.07) is 0. The lowest BCUT2D eigenvalue weighted by Gasteiger charge is -2.11. The maximum Gasteiger partial charge on any atom is 0.0610 e. The van der Waals surface area contributed by atoms with Gasteiger partial charge in [-0.3, -0.25) is 0 Å². The Kier molecular flexibility index (Phi) is 4.32. The third-order valence-electron chi connectivity index (χ3n) is 2.12. The molecular weight excluding hydrogens is 166 g/mol. The summed E-state index contributed by atoms with van der Waals surface area (Å²) in [5.74, 6) is 0. The highest BCUT2D eigenvalue weighted by Crippen LogP contribution is 2.06. The van der Waals surface area contributed by atoms with E-state index >= 15 is 0 Å². The average molecular weight is 181 g/mol. The van der Waals surface area contributed by atoms with Crippen molar-refractivity contribution >= 4 is 0 Å². The topological polar surface area (TPSA) is 72.8 Å². The maximum atomic E-state index is 8.17. The van der Waals surface area contributed by atoms with Crippen LogP contribution in [0.4, 0.5) is 0 Å². The van der Waals surface area contributed by atoms with Gasteiger partial charge in [-0.2, -0.15) is 0 Å². The quantitative estimate of drug-likeness (QED) is 0.295. The van der Waals surface area contributed by atoms with Crippen molar-refractivity contribution < 1.29 is 0 Å². The van der Waals surface area contributed by atoms with E-state index < -0.39 is 0 Å². The van der Waals surface area contributed by atoms with Gasteiger partial charge in [0.1, 0.15) is 0 Å². The van der Waals surface area contributed by atoms with Gasteiger partial charge in [-0.05, 0) is 18.9 Å². The lowest BCUT2D eigenvalue weighted by molar-refractivity contribution is 0.545. The Morgan fingerprint density at radius 3 is 2.85 bits per heavy atom. The summed E-state index contributed by atoms with van der Waals surface area (Å²) >= 11 is 0. The van der Waals surface area contributed by atoms with Gasteiger partial charge in [-0.15, -0.1) is 0 Å². The van der Waals surface area contributed by atoms with Crippen molar-refractivity contribution in [3.63, 3.8) is 0 Å². The largest absolute Gasteiger partial charge is 0.300 e. The van der Waals surface area contributed by atoms with Gasteiger partial charge in [0.25, 0.3) is 0 Å². The van der Waals surface area contributed by atoms with E-state index in [0.717, 1.165) is 19.5 Å². The molecule has 5 nitrogen and oxygen atoms in total. The van der Waals surface area contributed by atoms with Crippen LogP contribution in [0.25, 0.3) is 10.4 Å². The van der Waals surface area contributed by atoms with Crippen LogP contribution in [0.5, 0.6) is 0 Å². The van der Waals surface area contributed by atoms with Crippen molar-refractivity contribution in [1.82, 2.24) is 10.6 Å². The Balaban J connectivity index is 2.34. The molecule has 0 radical (unpaired) electrons. The number of hydrogen-bond donors (Lipinski definition) is 2. The third-order valence-corrected chi connectivity index (χ3v) is 2.12. The minimum atomic E-state index is 0.347. The predicted octanol–water partition coefficient (Wildman–Crippen LogP) is 1.15. The highest BCUT2D eigenvalue weighted by molar-refractivity contribution is 5.05. The molecule has 1 aliphatic rings. The van der Waals surface area contributed by atoms with Gasteiger partial charge in [-0.25, -0.2) is 0 Å². The van der Waals surface area contributed by atoms with Crippen LogP contribution >= 0.6 is 0 Å². The Hall–Kier alpha value is -1.03. The first kappa shape index (κ1) is 10.1. The zero-order valence-electron chi connectivity index (χ0n) is 7.82. The van der Waals surface area contributed by atoms with Crippen molar-refractivity contribution in [2.75, 3.05) is 19.6 Å². The van der Waals surface area contributed by atoms with Gasteiger partial charge >= 0.3 is 0 Å². The summed E-state index contributed by atoms with van der Waals surface area (Å²) in [5.41, 5.74) is 9.34. The SMILES string of the molecule is C/C=C(\CN=[N+]=[N-])CC1NCCN1. The van der Waals surface area contributed by atoms with Gasteiger partial charge in [0.15, 0.2) is 0 Å². The summed E-state index contributed by atoms with van der Waals surface area (Å²) < 4.78 is 0. The lowest BCUT2D eigenvalue weighted by Crippen LogP contribution is -2.31. The van der Waals surface area contributed by atoms with E-state index in [0.29, 0.717) is 12.7 Å². The lowest BCUT2D eigenvalue weighted by atomic mass is 10.1. The molecule has 0 aliphatic carbocycles. The molecule has 0 amide bonds. The van der Waals surface area contributed by atoms with Gasteiger partial charge < -0.3 is 10.6 Å². The fourth-order valence-corrected chi connectivity index (χ4v) is 1.37. The normalized spacial score (nSPS) is 18.7. The summed E-state index contributed by atoms with van der Waals surface area (Å²) in [4.78, 5) is 2.74. The molecule has 5 heteroatoms. The zero-order valence-corrected chi connectivity index (χ0v) is 7.82. The first-order chi connectivity index (χ1) is 6.36. The minimum Gasteiger partial charge on any atom is -0.300 e. The zero-order chi connectivity index (χ0) is 9.52. The van der Waals surface area contributed by atoms with Crippen LogP contribution in [0.1, 0.15) is 13.3 Å². The van der Waals surface area contributed by atoms with E-state index in [1.165, 1.54) is 5.57 Å². The van der Waals surface area contributed by atoms with Gasteiger partial charge in [0, 0.05) is 24.5 Å². The minimum absolute atomic E-state index is 0.347. The second-order valence-electron chi connectivity index (χ2n) is 3.00. The molecule has 13 heavy (non-hydrogen) atoms. The number of nitrogens with one attached hydrogen (secondary N) is 2. The number of hydrogen-bond acceptors (Lipinski definition) is 3. The van der Waals surface area contributed by atoms with E-state index in [4.69, 9.17) is 5.53 Å². The van der Waals surface area contributed by atoms with Crippen molar-refractivity contribution in [3.8, 4) is 0 Å². The summed E-state index contributed by atoms with van der Waals surface area (Å²) in [5, 5.41) is 10.2. The van der Waals surface area contributed by atoms with Crippen molar-refractivity contribution in [1.29, 1.82) is 0 Å². The van der Waals surface area contributed by atoms with Crippen molar-refractivity contribution in [2.24, 2.45) is 5.11 Å². The van der Waals surface area contributed by atoms with Gasteiger partial charge in [-0.1, -0.05) is 16.8 Å². The number of rotatable bonds is 4. The molecule has 2 N–H and O–H groups in total. The Morgan fingerprint density at radius 2 is 2.31 bits per heavy atom. The molecule has 0 spiro atoms. The van der Waals surface area contributed by atoms with E-state index in [-0.39, 0.29) is 0 Å². The van der Waals surface area contributed by atoms with Crippen molar-refractivity contribution in [3.05, 3.63) is 22.1 Å². The van der Waals surface area contributed by atoms with E-state index in [2.05, 4.69) is 20.7 Å². The molecule has 1 rings (SSSR count). The molecule has 1 heterocycles. The molecule has 0 atom stereocenters. The van der Waals surface area contributed by atoms with Crippen LogP contribution in [0.15, 0.2) is 16.8 Å². The molecule has 72 valence electrons. The fraction of sp³-hybridized carbons (Fsp3) is 0.750. The van der Waals surface area contributed by atoms with Crippen LogP contribution in [-0.2, 0) is 0 Å². The molecule has 1 aliphatic heterocycles. The smallest absolute Gasteiger partial charge is 0.0610 e. The fourth-order valence-electron chi connectivity index (χ4n) is 1.37. The molecule has 0 aromatic carbocycles. The Labute approximate surface area is 77.8 Å². The van der Waals surface area contributed by atoms with Gasteiger partial charge in [0.05, 0.1) is 6.17 Å². The van der Waals surface area contributed by atoms with E-state index in [9.17, 15) is 0 Å². The van der Waals surface area contributed by atoms with Gasteiger partial charge in [0.2, 0.25) is 0 Å². The first-order valence-corrected chi connectivity index (χ1v) is 4.48. The average Bonchev–Trinajstić information content (AvgIpc) is 2.64. The predicted molar refractivity (Wildman–Crippen MR) is 52.2 cm³/mol. The summed E-state index contributed by atoms with van der Waals surface area (Å²) in [6.45, 7) is 4.48. The molecule has 0 aromatic heterocycles. The number of azide groups is 1. The maximum absolute atomic E-state index is 8.17. The molecule has 0 aromatic rings. The van der Waals surface area contributed by atoms with Crippen molar-refractivity contribution in [2.45, 2.75) is 19.5 Å². The van der Waals surface area contributed by atoms with Crippen LogP contribution in [0.2, 0.25) is 0 Å². The Bertz CT molecular complexity index is 223. The van der Waals surface area contributed by atoms with Crippen LogP contribution < -0.4 is 10.6 Å². The van der Waals surface area contributed by atoms with Crippen LogP contribution in [0.3, 0.4) is 0 Å². The molecule has 1 fully saturated rings. The third kappa shape index (κ3) is 3.46. The van der Waals surface area contributed by atoms with E-state index in [1.54, 1.807) is 0 Å². The molecule has 0 unspecified atom stereocenters. The summed E-state index contributed by atoms with van der Waals surface area (Å²) in [6.07, 6.45) is 3.27. The van der Waals surface area contributed by atoms with Crippen LogP contribution in [-0.4, -0.2) is 25.8 Å². The standard InChI is InChI=1S/C8H15N5/c1-2-7(6-12-13-9)5-8-10-3-4-11-8/h2,8,10-11H,3-6H2,1H3/b7-2-. The highest BCUT2D eigenvalue weighted by atomic mass is 15.2. The first-order valence-electron chi connectivity index (χ1n) is 4.48. The molecule has 0 saturated carbocycles. The Morgan fingerprint density at radius 1 is 1.62 bits per heavy atom. The molecule has 1 saturated heterocycles. The number of nitrogens with zero attached hydrogens (tertiary/aromatic N) is 3. The van der Waals surface area contributed by atoms with E-state index in [1.807, 2.05) is 13.0 Å². The molecular formula is C8H15N5. The molecule has 0 bridgehead atoms. The second kappa shape index (κ2) is 5.59. The number of allylic oxidation sites excluding steroid dienone is 1.